The molecular formula is C9H12N2OS. The number of benzene rings is 1. The Hall–Kier alpha value is -1.29. The summed E-state index contributed by atoms with van der Waals surface area (Å²) in [6.07, 6.45) is 0. The van der Waals surface area contributed by atoms with E-state index in [2.05, 4.69) is 0 Å². The molecule has 2 N–H and O–H groups in total. The number of hydrogen-bond acceptors (Lipinski definition) is 3. The molecule has 0 spiro atoms. The van der Waals surface area contributed by atoms with Gasteiger partial charge in [0, 0.05) is 19.8 Å². The Balaban J connectivity index is 2.65. The number of nitrogens with two attached hydrogens (primary N) is 1. The first-order valence-electron chi connectivity index (χ1n) is 3.84. The lowest BCUT2D eigenvalue weighted by atomic mass is 10.3. The van der Waals surface area contributed by atoms with Crippen molar-refractivity contribution >= 4 is 23.1 Å². The molecule has 3 nitrogen and oxygen atoms in total. The second-order valence-corrected chi connectivity index (χ2v) is 3.18. The first-order valence-corrected chi connectivity index (χ1v) is 4.25. The molecule has 0 saturated carbocycles. The van der Waals surface area contributed by atoms with Gasteiger partial charge in [-0.2, -0.15) is 0 Å². The standard InChI is InChI=1S/C9H12N2OS/c1-11(2)9(13)12-8-5-3-7(10)4-6-8/h3-6H,10H2,1-2H3. The molecule has 13 heavy (non-hydrogen) atoms. The van der Waals surface area contributed by atoms with Crippen molar-refractivity contribution in [3.8, 4) is 5.75 Å². The molecule has 0 aliphatic heterocycles. The summed E-state index contributed by atoms with van der Waals surface area (Å²) in [4.78, 5) is 1.73. The quantitative estimate of drug-likeness (QED) is 0.545. The van der Waals surface area contributed by atoms with Crippen LogP contribution in [0.2, 0.25) is 0 Å². The fraction of sp³-hybridized carbons (Fsp3) is 0.222. The smallest absolute Gasteiger partial charge is 0.264 e. The molecule has 0 heterocycles. The molecule has 70 valence electrons. The van der Waals surface area contributed by atoms with Crippen molar-refractivity contribution in [2.45, 2.75) is 0 Å². The Kier molecular flexibility index (Phi) is 3.08. The van der Waals surface area contributed by atoms with Crippen LogP contribution in [0.5, 0.6) is 5.75 Å². The lowest BCUT2D eigenvalue weighted by Crippen LogP contribution is -2.24. The van der Waals surface area contributed by atoms with E-state index in [0.717, 1.165) is 0 Å². The molecule has 0 amide bonds. The van der Waals surface area contributed by atoms with Crippen LogP contribution in [0, 0.1) is 0 Å². The second kappa shape index (κ2) is 4.09. The average Bonchev–Trinajstić information content (AvgIpc) is 2.08. The molecule has 1 rings (SSSR count). The van der Waals surface area contributed by atoms with Crippen LogP contribution >= 0.6 is 12.2 Å². The Labute approximate surface area is 83.1 Å². The number of thiocarbonyl (C=S) groups is 1. The molecule has 1 aromatic rings. The van der Waals surface area contributed by atoms with Gasteiger partial charge in [0.2, 0.25) is 0 Å². The minimum Gasteiger partial charge on any atom is -0.432 e. The van der Waals surface area contributed by atoms with Crippen LogP contribution in [0.1, 0.15) is 0 Å². The SMILES string of the molecule is CN(C)C(=S)Oc1ccc(N)cc1. The van der Waals surface area contributed by atoms with Crippen LogP contribution in [0.25, 0.3) is 0 Å². The summed E-state index contributed by atoms with van der Waals surface area (Å²) < 4.78 is 5.33. The van der Waals surface area contributed by atoms with Gasteiger partial charge in [-0.15, -0.1) is 0 Å². The summed E-state index contributed by atoms with van der Waals surface area (Å²) in [7, 11) is 3.67. The number of ether oxygens (including phenoxy) is 1. The fourth-order valence-corrected chi connectivity index (χ4v) is 0.824. The molecule has 0 aliphatic carbocycles. The van der Waals surface area contributed by atoms with Crippen molar-refractivity contribution in [3.05, 3.63) is 24.3 Å². The summed E-state index contributed by atoms with van der Waals surface area (Å²) in [6, 6.07) is 7.11. The van der Waals surface area contributed by atoms with Gasteiger partial charge in [-0.3, -0.25) is 0 Å². The molecular weight excluding hydrogens is 184 g/mol. The predicted octanol–water partition coefficient (Wildman–Crippen LogP) is 1.49. The van der Waals surface area contributed by atoms with Gasteiger partial charge in [0.1, 0.15) is 5.75 Å². The number of nitrogen functional groups attached to an aromatic ring is 1. The Morgan fingerprint density at radius 2 is 1.85 bits per heavy atom. The fourth-order valence-electron chi connectivity index (χ4n) is 0.728. The third-order valence-corrected chi connectivity index (χ3v) is 1.90. The van der Waals surface area contributed by atoms with Gasteiger partial charge in [-0.05, 0) is 36.5 Å². The molecule has 0 atom stereocenters. The Morgan fingerprint density at radius 1 is 1.31 bits per heavy atom. The molecule has 0 aromatic heterocycles. The van der Waals surface area contributed by atoms with Crippen molar-refractivity contribution in [2.24, 2.45) is 0 Å². The second-order valence-electron chi connectivity index (χ2n) is 2.83. The van der Waals surface area contributed by atoms with E-state index in [1.165, 1.54) is 0 Å². The predicted molar refractivity (Wildman–Crippen MR) is 57.8 cm³/mol. The third kappa shape index (κ3) is 2.91. The van der Waals surface area contributed by atoms with Gasteiger partial charge in [-0.1, -0.05) is 0 Å². The maximum Gasteiger partial charge on any atom is 0.264 e. The zero-order chi connectivity index (χ0) is 9.84. The van der Waals surface area contributed by atoms with Crippen molar-refractivity contribution < 1.29 is 4.74 Å². The zero-order valence-electron chi connectivity index (χ0n) is 7.65. The van der Waals surface area contributed by atoms with Crippen LogP contribution < -0.4 is 10.5 Å². The molecule has 0 bridgehead atoms. The highest BCUT2D eigenvalue weighted by molar-refractivity contribution is 7.80. The van der Waals surface area contributed by atoms with Gasteiger partial charge >= 0.3 is 0 Å². The van der Waals surface area contributed by atoms with Gasteiger partial charge in [0.25, 0.3) is 5.17 Å². The molecule has 0 radical (unpaired) electrons. The number of nitrogens with zero attached hydrogens (tertiary/aromatic N) is 1. The monoisotopic (exact) mass is 196 g/mol. The third-order valence-electron chi connectivity index (χ3n) is 1.45. The number of anilines is 1. The van der Waals surface area contributed by atoms with Crippen molar-refractivity contribution in [1.82, 2.24) is 4.90 Å². The summed E-state index contributed by atoms with van der Waals surface area (Å²) in [5, 5.41) is 0.435. The number of hydrogen-bond donors (Lipinski definition) is 1. The normalized spacial score (nSPS) is 9.38. The molecule has 0 unspecified atom stereocenters. The molecule has 0 saturated heterocycles. The van der Waals surface area contributed by atoms with Crippen molar-refractivity contribution in [1.29, 1.82) is 0 Å². The molecule has 0 aliphatic rings. The highest BCUT2D eigenvalue weighted by Crippen LogP contribution is 2.13. The lowest BCUT2D eigenvalue weighted by molar-refractivity contribution is 0.449. The molecule has 4 heteroatoms. The Morgan fingerprint density at radius 3 is 2.31 bits per heavy atom. The number of rotatable bonds is 1. The van der Waals surface area contributed by atoms with E-state index in [1.54, 1.807) is 29.2 Å². The van der Waals surface area contributed by atoms with Crippen molar-refractivity contribution in [3.63, 3.8) is 0 Å². The van der Waals surface area contributed by atoms with Crippen molar-refractivity contribution in [2.75, 3.05) is 19.8 Å². The largest absolute Gasteiger partial charge is 0.432 e. The topological polar surface area (TPSA) is 38.5 Å². The van der Waals surface area contributed by atoms with Crippen LogP contribution in [-0.4, -0.2) is 24.2 Å². The minimum atomic E-state index is 0.435. The average molecular weight is 196 g/mol. The van der Waals surface area contributed by atoms with Crippen LogP contribution in [0.15, 0.2) is 24.3 Å². The van der Waals surface area contributed by atoms with Gasteiger partial charge in [0.15, 0.2) is 0 Å². The van der Waals surface area contributed by atoms with E-state index in [-0.39, 0.29) is 0 Å². The molecule has 0 fully saturated rings. The Bertz CT molecular complexity index is 295. The van der Waals surface area contributed by atoms with Gasteiger partial charge in [0.05, 0.1) is 0 Å². The minimum absolute atomic E-state index is 0.435. The zero-order valence-corrected chi connectivity index (χ0v) is 8.47. The van der Waals surface area contributed by atoms with E-state index in [9.17, 15) is 0 Å². The maximum atomic E-state index is 5.52. The van der Waals surface area contributed by atoms with E-state index >= 15 is 0 Å². The van der Waals surface area contributed by atoms with Gasteiger partial charge in [-0.25, -0.2) is 0 Å². The van der Waals surface area contributed by atoms with Crippen LogP contribution in [-0.2, 0) is 0 Å². The summed E-state index contributed by atoms with van der Waals surface area (Å²) in [5.41, 5.74) is 6.23. The highest BCUT2D eigenvalue weighted by Gasteiger charge is 2.00. The highest BCUT2D eigenvalue weighted by atomic mass is 32.1. The van der Waals surface area contributed by atoms with E-state index in [0.29, 0.717) is 16.6 Å². The maximum absolute atomic E-state index is 5.52. The molecule has 1 aromatic carbocycles. The van der Waals surface area contributed by atoms with Gasteiger partial charge < -0.3 is 15.4 Å². The van der Waals surface area contributed by atoms with E-state index < -0.39 is 0 Å². The van der Waals surface area contributed by atoms with E-state index in [4.69, 9.17) is 22.7 Å². The first kappa shape index (κ1) is 9.80. The van der Waals surface area contributed by atoms with Crippen LogP contribution in [0.3, 0.4) is 0 Å². The first-order chi connectivity index (χ1) is 6.09. The lowest BCUT2D eigenvalue weighted by Gasteiger charge is -2.13. The summed E-state index contributed by atoms with van der Waals surface area (Å²) in [6.45, 7) is 0. The summed E-state index contributed by atoms with van der Waals surface area (Å²) in [5.74, 6) is 0.702. The summed E-state index contributed by atoms with van der Waals surface area (Å²) >= 11 is 4.97. The van der Waals surface area contributed by atoms with Crippen LogP contribution in [0.4, 0.5) is 5.69 Å². The van der Waals surface area contributed by atoms with E-state index in [1.807, 2.05) is 14.1 Å².